The van der Waals surface area contributed by atoms with E-state index in [9.17, 15) is 23.6 Å². The van der Waals surface area contributed by atoms with Crippen LogP contribution in [0.4, 0.5) is 4.39 Å². The quantitative estimate of drug-likeness (QED) is 0.477. The molecule has 2 atom stereocenters. The standard InChI is InChI=1S/C23H29FN2O5/c1-5-8-18(26-12-11-15-9-6-7-10-16(15)22(26)30)21(29)25-17(19(27)14-24)13-20(28)31-23(2,3)4/h6-7,9-10,12,17-18H,5,8,11,13-14H2,1-4H3/p+1/t17?,18-/m0/s1. The van der Waals surface area contributed by atoms with E-state index >= 15 is 0 Å². The molecule has 1 aromatic carbocycles. The van der Waals surface area contributed by atoms with Gasteiger partial charge in [0.05, 0.1) is 18.4 Å². The van der Waals surface area contributed by atoms with Crippen LogP contribution in [0.5, 0.6) is 0 Å². The third-order valence-electron chi connectivity index (χ3n) is 4.82. The lowest BCUT2D eigenvalue weighted by Gasteiger charge is -2.23. The number of amides is 2. The molecule has 8 heteroatoms. The number of fused-ring (bicyclic) bond motifs is 1. The van der Waals surface area contributed by atoms with E-state index in [0.717, 1.165) is 5.56 Å². The van der Waals surface area contributed by atoms with Gasteiger partial charge in [-0.2, -0.15) is 4.58 Å². The molecule has 0 spiro atoms. The van der Waals surface area contributed by atoms with Gasteiger partial charge >= 0.3 is 11.9 Å². The normalized spacial score (nSPS) is 15.4. The molecule has 0 aliphatic carbocycles. The summed E-state index contributed by atoms with van der Waals surface area (Å²) < 4.78 is 19.6. The van der Waals surface area contributed by atoms with Gasteiger partial charge in [-0.05, 0) is 38.8 Å². The molecule has 0 aromatic heterocycles. The van der Waals surface area contributed by atoms with E-state index in [1.54, 1.807) is 39.1 Å². The van der Waals surface area contributed by atoms with Crippen LogP contribution in [0.15, 0.2) is 24.3 Å². The number of Topliss-reactive ketones (excluding diaryl/α,β-unsaturated/α-hetero) is 1. The summed E-state index contributed by atoms with van der Waals surface area (Å²) in [7, 11) is 0. The fourth-order valence-electron chi connectivity index (χ4n) is 3.42. The van der Waals surface area contributed by atoms with Crippen LogP contribution in [-0.2, 0) is 25.5 Å². The second kappa shape index (κ2) is 10.4. The number of benzene rings is 1. The number of rotatable bonds is 9. The van der Waals surface area contributed by atoms with E-state index in [1.165, 1.54) is 4.58 Å². The van der Waals surface area contributed by atoms with Gasteiger partial charge in [0.1, 0.15) is 18.3 Å². The number of carbonyl (C=O) groups is 4. The van der Waals surface area contributed by atoms with Crippen LogP contribution in [0.25, 0.3) is 0 Å². The minimum absolute atomic E-state index is 0.309. The van der Waals surface area contributed by atoms with Gasteiger partial charge in [-0.25, -0.2) is 9.18 Å². The molecule has 2 amide bonds. The lowest BCUT2D eigenvalue weighted by molar-refractivity contribution is -0.456. The fourth-order valence-corrected chi connectivity index (χ4v) is 3.42. The monoisotopic (exact) mass is 433 g/mol. The van der Waals surface area contributed by atoms with Crippen molar-refractivity contribution in [2.45, 2.75) is 71.1 Å². The van der Waals surface area contributed by atoms with Gasteiger partial charge in [-0.15, -0.1) is 0 Å². The maximum Gasteiger partial charge on any atom is 0.420 e. The highest BCUT2D eigenvalue weighted by Crippen LogP contribution is 2.18. The van der Waals surface area contributed by atoms with Crippen molar-refractivity contribution < 1.29 is 32.9 Å². The largest absolute Gasteiger partial charge is 0.460 e. The van der Waals surface area contributed by atoms with Gasteiger partial charge in [-0.1, -0.05) is 25.1 Å². The number of ketones is 1. The van der Waals surface area contributed by atoms with Gasteiger partial charge in [0.15, 0.2) is 12.0 Å². The Morgan fingerprint density at radius 2 is 1.90 bits per heavy atom. The molecule has 1 aromatic rings. The zero-order valence-corrected chi connectivity index (χ0v) is 18.4. The van der Waals surface area contributed by atoms with E-state index in [1.807, 2.05) is 19.1 Å². The Bertz CT molecular complexity index is 888. The van der Waals surface area contributed by atoms with Crippen LogP contribution < -0.4 is 5.32 Å². The fraction of sp³-hybridized carbons (Fsp3) is 0.522. The van der Waals surface area contributed by atoms with E-state index in [2.05, 4.69) is 5.32 Å². The third-order valence-corrected chi connectivity index (χ3v) is 4.82. The number of alkyl halides is 1. The van der Waals surface area contributed by atoms with Crippen molar-refractivity contribution in [2.24, 2.45) is 0 Å². The predicted molar refractivity (Wildman–Crippen MR) is 113 cm³/mol. The molecule has 168 valence electrons. The molecule has 1 N–H and O–H groups in total. The molecule has 1 heterocycles. The zero-order valence-electron chi connectivity index (χ0n) is 18.4. The average Bonchev–Trinajstić information content (AvgIpc) is 2.70. The number of nitrogens with zero attached hydrogens (tertiary/aromatic N) is 1. The Hall–Kier alpha value is -2.90. The number of nitrogens with one attached hydrogen (secondary N) is 1. The van der Waals surface area contributed by atoms with Gasteiger partial charge in [0.2, 0.25) is 6.04 Å². The maximum atomic E-state index is 13.1. The van der Waals surface area contributed by atoms with Gasteiger partial charge in [0.25, 0.3) is 5.91 Å². The Morgan fingerprint density at radius 3 is 2.52 bits per heavy atom. The number of halogens is 1. The van der Waals surface area contributed by atoms with Crippen LogP contribution in [-0.4, -0.2) is 58.7 Å². The van der Waals surface area contributed by atoms with Crippen molar-refractivity contribution in [3.63, 3.8) is 0 Å². The molecule has 0 saturated carbocycles. The Balaban J connectivity index is 2.21. The highest BCUT2D eigenvalue weighted by Gasteiger charge is 2.39. The van der Waals surface area contributed by atoms with Gasteiger partial charge in [-0.3, -0.25) is 14.4 Å². The first-order valence-corrected chi connectivity index (χ1v) is 10.4. The van der Waals surface area contributed by atoms with Crippen LogP contribution in [0.2, 0.25) is 0 Å². The van der Waals surface area contributed by atoms with Crippen LogP contribution in [0.1, 0.15) is 62.9 Å². The summed E-state index contributed by atoms with van der Waals surface area (Å²) in [6, 6.07) is 4.92. The Labute approximate surface area is 181 Å². The molecular formula is C23H30FN2O5+. The molecule has 0 fully saturated rings. The zero-order chi connectivity index (χ0) is 23.2. The summed E-state index contributed by atoms with van der Waals surface area (Å²) >= 11 is 0. The number of hydrogen-bond donors (Lipinski definition) is 1. The molecule has 2 rings (SSSR count). The van der Waals surface area contributed by atoms with E-state index < -0.39 is 48.4 Å². The Kier molecular flexibility index (Phi) is 8.19. The topological polar surface area (TPSA) is 92.6 Å². The minimum atomic E-state index is -1.36. The summed E-state index contributed by atoms with van der Waals surface area (Å²) in [6.45, 7) is 5.55. The summed E-state index contributed by atoms with van der Waals surface area (Å²) in [5.74, 6) is -2.56. The maximum absolute atomic E-state index is 13.1. The molecule has 0 saturated heterocycles. The smallest absolute Gasteiger partial charge is 0.420 e. The van der Waals surface area contributed by atoms with Crippen LogP contribution >= 0.6 is 0 Å². The van der Waals surface area contributed by atoms with Crippen molar-refractivity contribution in [2.75, 3.05) is 6.67 Å². The Morgan fingerprint density at radius 1 is 1.23 bits per heavy atom. The average molecular weight is 434 g/mol. The number of carbonyl (C=O) groups excluding carboxylic acids is 4. The minimum Gasteiger partial charge on any atom is -0.460 e. The molecule has 7 nitrogen and oxygen atoms in total. The summed E-state index contributed by atoms with van der Waals surface area (Å²) in [6.07, 6.45) is 2.61. The van der Waals surface area contributed by atoms with Crippen molar-refractivity contribution in [3.05, 3.63) is 35.4 Å². The van der Waals surface area contributed by atoms with Crippen molar-refractivity contribution in [1.29, 1.82) is 0 Å². The number of esters is 1. The number of ether oxygens (including phenoxy) is 1. The van der Waals surface area contributed by atoms with Crippen molar-refractivity contribution in [3.8, 4) is 0 Å². The van der Waals surface area contributed by atoms with E-state index in [4.69, 9.17) is 4.74 Å². The molecule has 0 radical (unpaired) electrons. The van der Waals surface area contributed by atoms with Crippen molar-refractivity contribution in [1.82, 2.24) is 5.32 Å². The third kappa shape index (κ3) is 6.54. The highest BCUT2D eigenvalue weighted by atomic mass is 19.1. The van der Waals surface area contributed by atoms with Crippen molar-refractivity contribution >= 4 is 29.8 Å². The number of hydrogen-bond acceptors (Lipinski definition) is 5. The van der Waals surface area contributed by atoms with E-state index in [0.29, 0.717) is 24.8 Å². The molecular weight excluding hydrogens is 403 g/mol. The highest BCUT2D eigenvalue weighted by molar-refractivity contribution is 5.98. The molecule has 1 aliphatic heterocycles. The molecule has 1 unspecified atom stereocenters. The molecule has 31 heavy (non-hydrogen) atoms. The first kappa shape index (κ1) is 24.4. The second-order valence-corrected chi connectivity index (χ2v) is 8.51. The van der Waals surface area contributed by atoms with Gasteiger partial charge in [0, 0.05) is 6.42 Å². The second-order valence-electron chi connectivity index (χ2n) is 8.51. The predicted octanol–water partition coefficient (Wildman–Crippen LogP) is 2.39. The SMILES string of the molecule is CCC[C@@H](C(=O)NC(CC(=O)OC(C)(C)C)C(=O)CF)[N+]1=CCc2ccccc2C1=O. The van der Waals surface area contributed by atoms with Crippen LogP contribution in [0.3, 0.4) is 0 Å². The molecule has 0 bridgehead atoms. The first-order chi connectivity index (χ1) is 14.6. The van der Waals surface area contributed by atoms with Crippen LogP contribution in [0, 0.1) is 0 Å². The summed E-state index contributed by atoms with van der Waals surface area (Å²) in [5, 5.41) is 2.47. The lowest BCUT2D eigenvalue weighted by atomic mass is 9.99. The lowest BCUT2D eigenvalue weighted by Crippen LogP contribution is -2.52. The first-order valence-electron chi connectivity index (χ1n) is 10.4. The van der Waals surface area contributed by atoms with Gasteiger partial charge < -0.3 is 10.1 Å². The summed E-state index contributed by atoms with van der Waals surface area (Å²) in [5.41, 5.74) is 0.608. The summed E-state index contributed by atoms with van der Waals surface area (Å²) in [4.78, 5) is 50.2. The van der Waals surface area contributed by atoms with E-state index in [-0.39, 0.29) is 5.91 Å². The molecule has 1 aliphatic rings.